The van der Waals surface area contributed by atoms with Gasteiger partial charge in [-0.15, -0.1) is 0 Å². The fraction of sp³-hybridized carbons (Fsp3) is 0.208. The summed E-state index contributed by atoms with van der Waals surface area (Å²) in [6, 6.07) is 16.8. The fourth-order valence-corrected chi connectivity index (χ4v) is 4.74. The first-order chi connectivity index (χ1) is 15.6. The summed E-state index contributed by atoms with van der Waals surface area (Å²) in [5.41, 5.74) is 2.11. The van der Waals surface area contributed by atoms with Gasteiger partial charge in [-0.3, -0.25) is 14.7 Å². The van der Waals surface area contributed by atoms with Crippen molar-refractivity contribution in [3.63, 3.8) is 0 Å². The molecule has 1 amide bonds. The van der Waals surface area contributed by atoms with Crippen molar-refractivity contribution < 1.29 is 14.3 Å². The molecule has 0 saturated heterocycles. The molecular weight excluding hydrogens is 490 g/mol. The number of thiazole rings is 1. The third-order valence-corrected chi connectivity index (χ3v) is 6.19. The van der Waals surface area contributed by atoms with Gasteiger partial charge in [0.1, 0.15) is 0 Å². The van der Waals surface area contributed by atoms with Crippen molar-refractivity contribution in [2.24, 2.45) is 0 Å². The Bertz CT molecular complexity index is 1230. The molecule has 0 N–H and O–H groups in total. The first-order valence-corrected chi connectivity index (χ1v) is 11.9. The number of carbonyl (C=O) groups excluding carboxylic acids is 1. The highest BCUT2D eigenvalue weighted by atomic mass is 79.9. The number of fused-ring (bicyclic) bond motifs is 1. The molecule has 0 aliphatic rings. The molecule has 0 aliphatic carbocycles. The monoisotopic (exact) mass is 511 g/mol. The molecule has 0 unspecified atom stereocenters. The summed E-state index contributed by atoms with van der Waals surface area (Å²) in [6.07, 6.45) is 1.72. The summed E-state index contributed by atoms with van der Waals surface area (Å²) in [4.78, 5) is 24.5. The maximum absolute atomic E-state index is 13.7. The summed E-state index contributed by atoms with van der Waals surface area (Å²) in [6.45, 7) is 5.10. The van der Waals surface area contributed by atoms with E-state index in [1.165, 1.54) is 11.3 Å². The Morgan fingerprint density at radius 1 is 1.03 bits per heavy atom. The molecule has 0 radical (unpaired) electrons. The van der Waals surface area contributed by atoms with E-state index in [1.807, 2.05) is 50.2 Å². The van der Waals surface area contributed by atoms with Crippen LogP contribution in [0.4, 0.5) is 5.13 Å². The first kappa shape index (κ1) is 22.2. The van der Waals surface area contributed by atoms with Crippen molar-refractivity contribution in [1.29, 1.82) is 0 Å². The molecule has 8 heteroatoms. The van der Waals surface area contributed by atoms with Crippen molar-refractivity contribution in [2.75, 3.05) is 18.1 Å². The van der Waals surface area contributed by atoms with Crippen LogP contribution in [0.3, 0.4) is 0 Å². The van der Waals surface area contributed by atoms with Gasteiger partial charge in [0.2, 0.25) is 0 Å². The summed E-state index contributed by atoms with van der Waals surface area (Å²) < 4.78 is 13.3. The highest BCUT2D eigenvalue weighted by Gasteiger charge is 2.23. The van der Waals surface area contributed by atoms with Crippen molar-refractivity contribution in [1.82, 2.24) is 9.97 Å². The zero-order valence-corrected chi connectivity index (χ0v) is 20.1. The summed E-state index contributed by atoms with van der Waals surface area (Å²) in [5, 5.41) is 0.612. The molecule has 4 aromatic rings. The van der Waals surface area contributed by atoms with Crippen LogP contribution in [0.1, 0.15) is 29.9 Å². The summed E-state index contributed by atoms with van der Waals surface area (Å²) >= 11 is 4.97. The number of nitrogens with zero attached hydrogens (tertiary/aromatic N) is 3. The van der Waals surface area contributed by atoms with Gasteiger partial charge in [0.05, 0.1) is 35.7 Å². The Kier molecular flexibility index (Phi) is 7.02. The Labute approximate surface area is 199 Å². The maximum atomic E-state index is 13.7. The van der Waals surface area contributed by atoms with E-state index >= 15 is 0 Å². The van der Waals surface area contributed by atoms with Crippen LogP contribution in [-0.4, -0.2) is 29.1 Å². The van der Waals surface area contributed by atoms with Gasteiger partial charge in [0, 0.05) is 16.2 Å². The molecule has 2 heterocycles. The number of halogens is 1. The molecule has 2 aromatic heterocycles. The van der Waals surface area contributed by atoms with E-state index in [-0.39, 0.29) is 5.91 Å². The summed E-state index contributed by atoms with van der Waals surface area (Å²) in [5.74, 6) is 0.982. The number of carbonyl (C=O) groups is 1. The molecule has 0 atom stereocenters. The molecule has 0 saturated carbocycles. The highest BCUT2D eigenvalue weighted by molar-refractivity contribution is 9.10. The van der Waals surface area contributed by atoms with Gasteiger partial charge in [0.25, 0.3) is 5.91 Å². The van der Waals surface area contributed by atoms with Crippen LogP contribution in [0.15, 0.2) is 65.3 Å². The van der Waals surface area contributed by atoms with Crippen LogP contribution in [0, 0.1) is 0 Å². The molecule has 6 nitrogen and oxygen atoms in total. The van der Waals surface area contributed by atoms with Crippen molar-refractivity contribution in [2.45, 2.75) is 20.4 Å². The largest absolute Gasteiger partial charge is 0.490 e. The van der Waals surface area contributed by atoms with Crippen molar-refractivity contribution >= 4 is 48.5 Å². The van der Waals surface area contributed by atoms with Gasteiger partial charge in [-0.2, -0.15) is 0 Å². The zero-order chi connectivity index (χ0) is 22.5. The van der Waals surface area contributed by atoms with Gasteiger partial charge in [-0.1, -0.05) is 33.3 Å². The number of hydrogen-bond acceptors (Lipinski definition) is 6. The van der Waals surface area contributed by atoms with Crippen LogP contribution in [-0.2, 0) is 6.54 Å². The predicted octanol–water partition coefficient (Wildman–Crippen LogP) is 6.10. The van der Waals surface area contributed by atoms with Crippen LogP contribution in [0.2, 0.25) is 0 Å². The number of amides is 1. The van der Waals surface area contributed by atoms with Crippen LogP contribution in [0.25, 0.3) is 10.2 Å². The number of benzene rings is 2. The van der Waals surface area contributed by atoms with E-state index in [0.717, 1.165) is 20.4 Å². The second kappa shape index (κ2) is 10.1. The van der Waals surface area contributed by atoms with Crippen LogP contribution in [0.5, 0.6) is 11.5 Å². The van der Waals surface area contributed by atoms with E-state index in [0.29, 0.717) is 42.0 Å². The smallest absolute Gasteiger partial charge is 0.260 e. The predicted molar refractivity (Wildman–Crippen MR) is 131 cm³/mol. The molecule has 0 aliphatic heterocycles. The van der Waals surface area contributed by atoms with Gasteiger partial charge >= 0.3 is 0 Å². The molecule has 32 heavy (non-hydrogen) atoms. The minimum Gasteiger partial charge on any atom is -0.490 e. The third-order valence-electron chi connectivity index (χ3n) is 4.65. The number of ether oxygens (including phenoxy) is 2. The van der Waals surface area contributed by atoms with Gasteiger partial charge in [0.15, 0.2) is 16.6 Å². The summed E-state index contributed by atoms with van der Waals surface area (Å²) in [7, 11) is 0. The fourth-order valence-electron chi connectivity index (χ4n) is 3.22. The first-order valence-electron chi connectivity index (χ1n) is 10.3. The third kappa shape index (κ3) is 4.92. The SMILES string of the molecule is CCOc1ccc(C(=O)N(Cc2ccccn2)c2nc3ccc(Br)cc3s2)cc1OCC. The number of hydrogen-bond donors (Lipinski definition) is 0. The Morgan fingerprint density at radius 3 is 2.59 bits per heavy atom. The molecule has 0 bridgehead atoms. The number of aromatic nitrogens is 2. The van der Waals surface area contributed by atoms with Crippen molar-refractivity contribution in [3.05, 3.63) is 76.5 Å². The van der Waals surface area contributed by atoms with Crippen LogP contribution < -0.4 is 14.4 Å². The molecule has 164 valence electrons. The second-order valence-corrected chi connectivity index (χ2v) is 8.77. The number of anilines is 1. The molecule has 0 fully saturated rings. The normalized spacial score (nSPS) is 10.8. The lowest BCUT2D eigenvalue weighted by Gasteiger charge is -2.20. The Balaban J connectivity index is 1.75. The Morgan fingerprint density at radius 2 is 1.84 bits per heavy atom. The molecule has 2 aromatic carbocycles. The Hall–Kier alpha value is -2.97. The lowest BCUT2D eigenvalue weighted by atomic mass is 10.1. The second-order valence-electron chi connectivity index (χ2n) is 6.85. The lowest BCUT2D eigenvalue weighted by Crippen LogP contribution is -2.30. The van der Waals surface area contributed by atoms with Crippen molar-refractivity contribution in [3.8, 4) is 11.5 Å². The van der Waals surface area contributed by atoms with Crippen LogP contribution >= 0.6 is 27.3 Å². The number of rotatable bonds is 8. The lowest BCUT2D eigenvalue weighted by molar-refractivity contribution is 0.0984. The number of pyridine rings is 1. The standard InChI is InChI=1S/C24H22BrN3O3S/c1-3-30-20-11-8-16(13-21(20)31-4-2)23(29)28(15-18-7-5-6-12-26-18)24-27-19-10-9-17(25)14-22(19)32-24/h5-14H,3-4,15H2,1-2H3. The maximum Gasteiger partial charge on any atom is 0.260 e. The molecular formula is C24H22BrN3O3S. The van der Waals surface area contributed by atoms with E-state index in [9.17, 15) is 4.79 Å². The quantitative estimate of drug-likeness (QED) is 0.286. The van der Waals surface area contributed by atoms with E-state index in [4.69, 9.17) is 14.5 Å². The van der Waals surface area contributed by atoms with E-state index in [1.54, 1.807) is 29.3 Å². The minimum atomic E-state index is -0.183. The molecule has 4 rings (SSSR count). The van der Waals surface area contributed by atoms with E-state index < -0.39 is 0 Å². The topological polar surface area (TPSA) is 64.5 Å². The minimum absolute atomic E-state index is 0.183. The average molecular weight is 512 g/mol. The average Bonchev–Trinajstić information content (AvgIpc) is 3.22. The van der Waals surface area contributed by atoms with E-state index in [2.05, 4.69) is 20.9 Å². The van der Waals surface area contributed by atoms with Gasteiger partial charge < -0.3 is 9.47 Å². The highest BCUT2D eigenvalue weighted by Crippen LogP contribution is 2.34. The van der Waals surface area contributed by atoms with Gasteiger partial charge in [-0.25, -0.2) is 4.98 Å². The molecule has 0 spiro atoms. The zero-order valence-electron chi connectivity index (χ0n) is 17.7. The van der Waals surface area contributed by atoms with Gasteiger partial charge in [-0.05, 0) is 62.4 Å².